The van der Waals surface area contributed by atoms with Crippen molar-refractivity contribution in [3.63, 3.8) is 0 Å². The number of aryl methyl sites for hydroxylation is 1. The summed E-state index contributed by atoms with van der Waals surface area (Å²) in [5, 5.41) is 3.06. The predicted octanol–water partition coefficient (Wildman–Crippen LogP) is 3.66. The van der Waals surface area contributed by atoms with Crippen LogP contribution in [0.4, 0.5) is 0 Å². The van der Waals surface area contributed by atoms with E-state index in [9.17, 15) is 14.4 Å². The molecule has 2 aliphatic heterocycles. The molecule has 0 radical (unpaired) electrons. The number of likely N-dealkylation sites (tertiary alicyclic amines) is 2. The van der Waals surface area contributed by atoms with Gasteiger partial charge in [0, 0.05) is 37.3 Å². The number of nitrogens with one attached hydrogen (secondary N) is 1. The standard InChI is InChI=1S/C27H33N3O3/c1-20-10-12-22(13-11-20)25(31)28-24(27(33)29-16-6-3-7-17-29)21-14-18-30(19-15-21)26(32)23-8-4-2-5-9-23/h2,4-5,8-13,21,24H,3,6-7,14-19H2,1H3,(H,28,31). The van der Waals surface area contributed by atoms with Gasteiger partial charge < -0.3 is 15.1 Å². The maximum absolute atomic E-state index is 13.5. The molecule has 0 aliphatic carbocycles. The first-order chi connectivity index (χ1) is 16.0. The van der Waals surface area contributed by atoms with Crippen molar-refractivity contribution in [3.8, 4) is 0 Å². The molecule has 6 heteroatoms. The minimum Gasteiger partial charge on any atom is -0.341 e. The van der Waals surface area contributed by atoms with Crippen LogP contribution in [0.15, 0.2) is 54.6 Å². The third-order valence-corrected chi connectivity index (χ3v) is 6.85. The predicted molar refractivity (Wildman–Crippen MR) is 128 cm³/mol. The van der Waals surface area contributed by atoms with E-state index in [-0.39, 0.29) is 23.6 Å². The summed E-state index contributed by atoms with van der Waals surface area (Å²) in [6.45, 7) is 4.65. The van der Waals surface area contributed by atoms with Gasteiger partial charge in [-0.25, -0.2) is 0 Å². The van der Waals surface area contributed by atoms with Crippen molar-refractivity contribution in [2.45, 2.75) is 45.1 Å². The average Bonchev–Trinajstić information content (AvgIpc) is 2.88. The van der Waals surface area contributed by atoms with Crippen molar-refractivity contribution in [2.24, 2.45) is 5.92 Å². The number of nitrogens with zero attached hydrogens (tertiary/aromatic N) is 2. The summed E-state index contributed by atoms with van der Waals surface area (Å²) < 4.78 is 0. The van der Waals surface area contributed by atoms with E-state index in [0.29, 0.717) is 37.1 Å². The van der Waals surface area contributed by atoms with Gasteiger partial charge in [-0.05, 0) is 69.2 Å². The van der Waals surface area contributed by atoms with Gasteiger partial charge in [0.25, 0.3) is 11.8 Å². The highest BCUT2D eigenvalue weighted by molar-refractivity contribution is 5.98. The van der Waals surface area contributed by atoms with Crippen molar-refractivity contribution in [1.82, 2.24) is 15.1 Å². The minimum absolute atomic E-state index is 0.00801. The van der Waals surface area contributed by atoms with Crippen LogP contribution in [0.5, 0.6) is 0 Å². The van der Waals surface area contributed by atoms with Crippen molar-refractivity contribution in [2.75, 3.05) is 26.2 Å². The molecule has 0 bridgehead atoms. The molecule has 6 nitrogen and oxygen atoms in total. The van der Waals surface area contributed by atoms with E-state index in [4.69, 9.17) is 0 Å². The number of carbonyl (C=O) groups is 3. The molecular formula is C27H33N3O3. The lowest BCUT2D eigenvalue weighted by Gasteiger charge is -2.38. The third-order valence-electron chi connectivity index (χ3n) is 6.85. The molecule has 0 aromatic heterocycles. The maximum Gasteiger partial charge on any atom is 0.253 e. The molecule has 1 N–H and O–H groups in total. The van der Waals surface area contributed by atoms with Gasteiger partial charge in [0.05, 0.1) is 0 Å². The lowest BCUT2D eigenvalue weighted by Crippen LogP contribution is -2.55. The summed E-state index contributed by atoms with van der Waals surface area (Å²) in [6, 6.07) is 16.2. The fourth-order valence-corrected chi connectivity index (χ4v) is 4.82. The normalized spacial score (nSPS) is 18.0. The first-order valence-corrected chi connectivity index (χ1v) is 12.0. The zero-order valence-electron chi connectivity index (χ0n) is 19.3. The van der Waals surface area contributed by atoms with E-state index in [1.165, 1.54) is 0 Å². The Bertz CT molecular complexity index is 960. The van der Waals surface area contributed by atoms with Gasteiger partial charge in [-0.1, -0.05) is 35.9 Å². The van der Waals surface area contributed by atoms with Crippen LogP contribution in [0.3, 0.4) is 0 Å². The molecule has 2 saturated heterocycles. The Kier molecular flexibility index (Phi) is 7.43. The molecule has 2 heterocycles. The van der Waals surface area contributed by atoms with Crippen LogP contribution in [0.1, 0.15) is 58.4 Å². The van der Waals surface area contributed by atoms with Crippen molar-refractivity contribution in [1.29, 1.82) is 0 Å². The Hall–Kier alpha value is -3.15. The molecule has 1 atom stereocenters. The van der Waals surface area contributed by atoms with Crippen LogP contribution >= 0.6 is 0 Å². The molecular weight excluding hydrogens is 414 g/mol. The Labute approximate surface area is 196 Å². The molecule has 2 aromatic rings. The van der Waals surface area contributed by atoms with Gasteiger partial charge in [-0.3, -0.25) is 14.4 Å². The van der Waals surface area contributed by atoms with Crippen molar-refractivity contribution < 1.29 is 14.4 Å². The van der Waals surface area contributed by atoms with Crippen LogP contribution in [-0.4, -0.2) is 59.7 Å². The molecule has 4 rings (SSSR count). The van der Waals surface area contributed by atoms with Crippen molar-refractivity contribution in [3.05, 3.63) is 71.3 Å². The summed E-state index contributed by atoms with van der Waals surface area (Å²) in [5.74, 6) is -0.165. The van der Waals surface area contributed by atoms with Crippen LogP contribution in [0, 0.1) is 12.8 Å². The molecule has 2 aromatic carbocycles. The molecule has 0 saturated carbocycles. The largest absolute Gasteiger partial charge is 0.341 e. The second-order valence-electron chi connectivity index (χ2n) is 9.20. The summed E-state index contributed by atoms with van der Waals surface area (Å²) in [5.41, 5.74) is 2.33. The number of hydrogen-bond acceptors (Lipinski definition) is 3. The number of carbonyl (C=O) groups excluding carboxylic acids is 3. The lowest BCUT2D eigenvalue weighted by molar-refractivity contribution is -0.136. The van der Waals surface area contributed by atoms with Gasteiger partial charge >= 0.3 is 0 Å². The van der Waals surface area contributed by atoms with Crippen LogP contribution in [0.25, 0.3) is 0 Å². The van der Waals surface area contributed by atoms with E-state index in [1.807, 2.05) is 59.2 Å². The molecule has 1 unspecified atom stereocenters. The second kappa shape index (κ2) is 10.6. The molecule has 2 aliphatic rings. The van der Waals surface area contributed by atoms with Gasteiger partial charge in [0.2, 0.25) is 5.91 Å². The topological polar surface area (TPSA) is 69.7 Å². The summed E-state index contributed by atoms with van der Waals surface area (Å²) in [4.78, 5) is 43.1. The number of amides is 3. The van der Waals surface area contributed by atoms with Crippen LogP contribution in [-0.2, 0) is 4.79 Å². The molecule has 2 fully saturated rings. The average molecular weight is 448 g/mol. The highest BCUT2D eigenvalue weighted by Crippen LogP contribution is 2.25. The summed E-state index contributed by atoms with van der Waals surface area (Å²) in [6.07, 6.45) is 4.54. The van der Waals surface area contributed by atoms with Gasteiger partial charge in [0.1, 0.15) is 6.04 Å². The first kappa shape index (κ1) is 23.0. The van der Waals surface area contributed by atoms with E-state index in [0.717, 1.165) is 37.9 Å². The summed E-state index contributed by atoms with van der Waals surface area (Å²) in [7, 11) is 0. The number of rotatable bonds is 5. The second-order valence-corrected chi connectivity index (χ2v) is 9.20. The molecule has 33 heavy (non-hydrogen) atoms. The molecule has 174 valence electrons. The quantitative estimate of drug-likeness (QED) is 0.761. The SMILES string of the molecule is Cc1ccc(C(=O)NC(C(=O)N2CCCCC2)C2CCN(C(=O)c3ccccc3)CC2)cc1. The van der Waals surface area contributed by atoms with E-state index in [1.54, 1.807) is 12.1 Å². The minimum atomic E-state index is -0.564. The van der Waals surface area contributed by atoms with Crippen LogP contribution in [0.2, 0.25) is 0 Å². The smallest absolute Gasteiger partial charge is 0.253 e. The maximum atomic E-state index is 13.5. The van der Waals surface area contributed by atoms with Crippen LogP contribution < -0.4 is 5.32 Å². The number of piperidine rings is 2. The Balaban J connectivity index is 1.46. The highest BCUT2D eigenvalue weighted by Gasteiger charge is 2.36. The Morgan fingerprint density at radius 2 is 1.42 bits per heavy atom. The lowest BCUT2D eigenvalue weighted by atomic mass is 9.87. The first-order valence-electron chi connectivity index (χ1n) is 12.0. The molecule has 0 spiro atoms. The Morgan fingerprint density at radius 3 is 2.06 bits per heavy atom. The zero-order valence-corrected chi connectivity index (χ0v) is 19.3. The van der Waals surface area contributed by atoms with E-state index >= 15 is 0 Å². The van der Waals surface area contributed by atoms with E-state index < -0.39 is 6.04 Å². The number of hydrogen-bond donors (Lipinski definition) is 1. The highest BCUT2D eigenvalue weighted by atomic mass is 16.2. The fourth-order valence-electron chi connectivity index (χ4n) is 4.82. The van der Waals surface area contributed by atoms with Gasteiger partial charge in [-0.15, -0.1) is 0 Å². The van der Waals surface area contributed by atoms with E-state index in [2.05, 4.69) is 5.32 Å². The third kappa shape index (κ3) is 5.62. The Morgan fingerprint density at radius 1 is 0.788 bits per heavy atom. The van der Waals surface area contributed by atoms with Gasteiger partial charge in [-0.2, -0.15) is 0 Å². The monoisotopic (exact) mass is 447 g/mol. The fraction of sp³-hybridized carbons (Fsp3) is 0.444. The zero-order chi connectivity index (χ0) is 23.2. The number of benzene rings is 2. The summed E-state index contributed by atoms with van der Waals surface area (Å²) >= 11 is 0. The van der Waals surface area contributed by atoms with Gasteiger partial charge in [0.15, 0.2) is 0 Å². The molecule has 3 amide bonds. The van der Waals surface area contributed by atoms with Crippen molar-refractivity contribution >= 4 is 17.7 Å².